The molecule has 6 rings (SSSR count). The summed E-state index contributed by atoms with van der Waals surface area (Å²) in [7, 11) is 0. The van der Waals surface area contributed by atoms with Crippen molar-refractivity contribution in [2.24, 2.45) is 0 Å². The third-order valence-corrected chi connectivity index (χ3v) is 8.03. The second kappa shape index (κ2) is 11.2. The fraction of sp³-hybridized carbons (Fsp3) is 0.192. The van der Waals surface area contributed by atoms with Crippen LogP contribution in [0.4, 0.5) is 30.6 Å². The van der Waals surface area contributed by atoms with Crippen LogP contribution in [-0.4, -0.2) is 61.1 Å². The minimum atomic E-state index is -4.56. The summed E-state index contributed by atoms with van der Waals surface area (Å²) in [6.45, 7) is 2.48. The van der Waals surface area contributed by atoms with Crippen LogP contribution in [0.1, 0.15) is 5.56 Å². The molecule has 0 aliphatic carbocycles. The van der Waals surface area contributed by atoms with Gasteiger partial charge < -0.3 is 20.1 Å². The average Bonchev–Trinajstić information content (AvgIpc) is 3.34. The molecule has 3 aromatic heterocycles. The summed E-state index contributed by atoms with van der Waals surface area (Å²) in [6, 6.07) is 11.9. The number of hydrogen-bond acceptors (Lipinski definition) is 8. The maximum Gasteiger partial charge on any atom is 0.417 e. The van der Waals surface area contributed by atoms with Gasteiger partial charge in [-0.2, -0.15) is 13.2 Å². The third-order valence-electron chi connectivity index (χ3n) is 6.56. The first kappa shape index (κ1) is 27.3. The Kier molecular flexibility index (Phi) is 7.45. The Morgan fingerprint density at radius 1 is 1.00 bits per heavy atom. The molecule has 5 aromatic rings. The molecular weight excluding hydrogens is 595 g/mol. The minimum absolute atomic E-state index is 0.302. The normalized spacial score (nSPS) is 14.0. The minimum Gasteiger partial charge on any atom is -0.352 e. The summed E-state index contributed by atoms with van der Waals surface area (Å²) >= 11 is 13.1. The van der Waals surface area contributed by atoms with Crippen LogP contribution in [-0.2, 0) is 6.18 Å². The number of rotatable bonds is 5. The van der Waals surface area contributed by atoms with Gasteiger partial charge in [-0.25, -0.2) is 19.9 Å². The van der Waals surface area contributed by atoms with Crippen molar-refractivity contribution in [1.29, 1.82) is 0 Å². The molecule has 9 nitrogen and oxygen atoms in total. The van der Waals surface area contributed by atoms with Gasteiger partial charge in [0, 0.05) is 60.1 Å². The topological polar surface area (TPSA) is 97.9 Å². The highest BCUT2D eigenvalue weighted by atomic mass is 35.5. The molecule has 4 heterocycles. The smallest absolute Gasteiger partial charge is 0.352 e. The molecule has 2 aromatic carbocycles. The van der Waals surface area contributed by atoms with Gasteiger partial charge in [-0.05, 0) is 66.6 Å². The largest absolute Gasteiger partial charge is 0.417 e. The molecule has 1 aliphatic rings. The monoisotopic (exact) mass is 615 g/mol. The van der Waals surface area contributed by atoms with Gasteiger partial charge in [0.15, 0.2) is 5.11 Å². The van der Waals surface area contributed by atoms with Gasteiger partial charge >= 0.3 is 6.18 Å². The van der Waals surface area contributed by atoms with E-state index in [1.54, 1.807) is 18.5 Å². The molecule has 1 saturated heterocycles. The Morgan fingerprint density at radius 2 is 1.73 bits per heavy atom. The van der Waals surface area contributed by atoms with Gasteiger partial charge in [-0.3, -0.25) is 4.72 Å². The van der Waals surface area contributed by atoms with Crippen LogP contribution in [0, 0.1) is 0 Å². The Balaban J connectivity index is 1.11. The highest BCUT2D eigenvalue weighted by Gasteiger charge is 2.34. The molecule has 0 radical (unpaired) electrons. The number of nitrogens with one attached hydrogen (secondary N) is 3. The zero-order valence-corrected chi connectivity index (χ0v) is 23.5. The second-order valence-electron chi connectivity index (χ2n) is 9.13. The van der Waals surface area contributed by atoms with Gasteiger partial charge in [0.05, 0.1) is 16.0 Å². The van der Waals surface area contributed by atoms with Gasteiger partial charge in [0.2, 0.25) is 5.95 Å². The van der Waals surface area contributed by atoms with Crippen LogP contribution in [0.15, 0.2) is 66.1 Å². The number of aromatic nitrogens is 5. The molecule has 15 heteroatoms. The van der Waals surface area contributed by atoms with Crippen molar-refractivity contribution < 1.29 is 13.2 Å². The van der Waals surface area contributed by atoms with Gasteiger partial charge in [0.1, 0.15) is 17.8 Å². The van der Waals surface area contributed by atoms with E-state index < -0.39 is 11.7 Å². The highest BCUT2D eigenvalue weighted by Crippen LogP contribution is 2.40. The van der Waals surface area contributed by atoms with Gasteiger partial charge in [0.25, 0.3) is 0 Å². The van der Waals surface area contributed by atoms with E-state index in [9.17, 15) is 13.2 Å². The summed E-state index contributed by atoms with van der Waals surface area (Å²) in [5.41, 5.74) is 0.725. The number of alkyl halides is 3. The Hall–Kier alpha value is -3.88. The van der Waals surface area contributed by atoms with Crippen molar-refractivity contribution in [3.8, 4) is 0 Å². The molecule has 0 amide bonds. The number of halogens is 4. The maximum atomic E-state index is 13.4. The summed E-state index contributed by atoms with van der Waals surface area (Å²) < 4.78 is 43.3. The van der Waals surface area contributed by atoms with Gasteiger partial charge in [-0.15, -0.1) is 0 Å². The first-order chi connectivity index (χ1) is 19.8. The van der Waals surface area contributed by atoms with E-state index >= 15 is 0 Å². The number of piperazine rings is 1. The number of H-pyrrole nitrogens is 1. The van der Waals surface area contributed by atoms with Crippen LogP contribution in [0.3, 0.4) is 0 Å². The lowest BCUT2D eigenvalue weighted by molar-refractivity contribution is -0.137. The fourth-order valence-corrected chi connectivity index (χ4v) is 5.73. The van der Waals surface area contributed by atoms with E-state index in [4.69, 9.17) is 23.8 Å². The lowest BCUT2D eigenvalue weighted by Crippen LogP contribution is -2.50. The molecule has 0 saturated carbocycles. The second-order valence-corrected chi connectivity index (χ2v) is 10.8. The SMILES string of the molecule is FC(F)(F)c1cc2[nH]c3ncnc(N4CCN(C(=S)Nc5ccc(SNc6ncccn6)cc5)CC4)c3c2cc1Cl. The molecule has 210 valence electrons. The number of fused-ring (bicyclic) bond motifs is 3. The van der Waals surface area contributed by atoms with Crippen molar-refractivity contribution in [2.75, 3.05) is 41.1 Å². The lowest BCUT2D eigenvalue weighted by atomic mass is 10.1. The van der Waals surface area contributed by atoms with Crippen LogP contribution in [0.5, 0.6) is 0 Å². The summed E-state index contributed by atoms with van der Waals surface area (Å²) in [6.07, 6.45) is 0.191. The van der Waals surface area contributed by atoms with E-state index in [1.807, 2.05) is 24.3 Å². The number of hydrogen-bond donors (Lipinski definition) is 3. The third kappa shape index (κ3) is 5.80. The zero-order chi connectivity index (χ0) is 28.6. The molecule has 0 atom stereocenters. The highest BCUT2D eigenvalue weighted by molar-refractivity contribution is 8.00. The molecular formula is C26H21ClF3N9S2. The quantitative estimate of drug-likeness (QED) is 0.156. The first-order valence-corrected chi connectivity index (χ1v) is 14.0. The van der Waals surface area contributed by atoms with E-state index in [1.165, 1.54) is 24.3 Å². The van der Waals surface area contributed by atoms with Crippen molar-refractivity contribution >= 4 is 80.3 Å². The number of nitrogens with zero attached hydrogens (tertiary/aromatic N) is 6. The van der Waals surface area contributed by atoms with E-state index in [0.29, 0.717) is 65.0 Å². The van der Waals surface area contributed by atoms with E-state index in [0.717, 1.165) is 16.6 Å². The fourth-order valence-electron chi connectivity index (χ4n) is 4.57. The number of aromatic amines is 1. The maximum absolute atomic E-state index is 13.4. The summed E-state index contributed by atoms with van der Waals surface area (Å²) in [5, 5.41) is 4.71. The molecule has 41 heavy (non-hydrogen) atoms. The van der Waals surface area contributed by atoms with Crippen LogP contribution in [0.25, 0.3) is 21.9 Å². The van der Waals surface area contributed by atoms with Crippen molar-refractivity contribution in [3.05, 3.63) is 71.8 Å². The summed E-state index contributed by atoms with van der Waals surface area (Å²) in [4.78, 5) is 25.1. The van der Waals surface area contributed by atoms with Crippen molar-refractivity contribution in [2.45, 2.75) is 11.1 Å². The molecule has 0 unspecified atom stereocenters. The van der Waals surface area contributed by atoms with Crippen LogP contribution >= 0.6 is 35.8 Å². The van der Waals surface area contributed by atoms with Crippen molar-refractivity contribution in [1.82, 2.24) is 29.8 Å². The van der Waals surface area contributed by atoms with Crippen LogP contribution < -0.4 is 14.9 Å². The number of benzene rings is 2. The van der Waals surface area contributed by atoms with Gasteiger partial charge in [-0.1, -0.05) is 11.6 Å². The molecule has 1 aliphatic heterocycles. The van der Waals surface area contributed by atoms with E-state index in [-0.39, 0.29) is 5.02 Å². The zero-order valence-electron chi connectivity index (χ0n) is 21.1. The Morgan fingerprint density at radius 3 is 2.44 bits per heavy atom. The molecule has 3 N–H and O–H groups in total. The van der Waals surface area contributed by atoms with Crippen LogP contribution in [0.2, 0.25) is 5.02 Å². The van der Waals surface area contributed by atoms with Crippen molar-refractivity contribution in [3.63, 3.8) is 0 Å². The lowest BCUT2D eigenvalue weighted by Gasteiger charge is -2.37. The number of anilines is 3. The average molecular weight is 616 g/mol. The first-order valence-electron chi connectivity index (χ1n) is 12.4. The Labute approximate surface area is 246 Å². The standard InChI is InChI=1S/C26H21ClF3N9S2/c27-19-12-17-20(13-18(19)26(28,29)30)36-22-21(17)23(34-14-33-22)38-8-10-39(11-9-38)25(40)35-15-2-4-16(5-3-15)41-37-24-31-6-1-7-32-24/h1-7,12-14H,8-11H2,(H,35,40)(H,31,32,37)(H,33,34,36). The molecule has 0 spiro atoms. The molecule has 0 bridgehead atoms. The predicted molar refractivity (Wildman–Crippen MR) is 159 cm³/mol. The number of thiocarbonyl (C=S) groups is 1. The predicted octanol–water partition coefficient (Wildman–Crippen LogP) is 6.21. The molecule has 1 fully saturated rings. The Bertz CT molecular complexity index is 1710. The van der Waals surface area contributed by atoms with E-state index in [2.05, 4.69) is 44.8 Å². The summed E-state index contributed by atoms with van der Waals surface area (Å²) in [5.74, 6) is 1.17.